The van der Waals surface area contributed by atoms with Gasteiger partial charge in [0.2, 0.25) is 0 Å². The third kappa shape index (κ3) is 3.79. The molecule has 0 saturated heterocycles. The first-order valence-corrected chi connectivity index (χ1v) is 6.75. The normalized spacial score (nSPS) is 11.0. The minimum Gasteiger partial charge on any atom is -0.323 e. The molecule has 21 heavy (non-hydrogen) atoms. The van der Waals surface area contributed by atoms with Gasteiger partial charge >= 0.3 is 0 Å². The summed E-state index contributed by atoms with van der Waals surface area (Å²) in [7, 11) is 0. The highest BCUT2D eigenvalue weighted by atomic mass is 16.1. The van der Waals surface area contributed by atoms with E-state index in [-0.39, 0.29) is 11.3 Å². The van der Waals surface area contributed by atoms with E-state index >= 15 is 0 Å². The van der Waals surface area contributed by atoms with E-state index in [1.807, 2.05) is 24.3 Å². The zero-order valence-electron chi connectivity index (χ0n) is 12.5. The predicted octanol–water partition coefficient (Wildman–Crippen LogP) is 2.92. The Morgan fingerprint density at radius 2 is 1.67 bits per heavy atom. The van der Waals surface area contributed by atoms with Crippen molar-refractivity contribution in [3.63, 3.8) is 0 Å². The van der Waals surface area contributed by atoms with Crippen LogP contribution in [0.4, 0.5) is 11.4 Å². The van der Waals surface area contributed by atoms with E-state index in [1.54, 1.807) is 12.1 Å². The summed E-state index contributed by atoms with van der Waals surface area (Å²) in [6.07, 6.45) is 1.51. The SMILES string of the molecule is CC(C)(C)c1ccc(NC(=O)c2ccc(NN)cn2)cc1. The molecule has 1 amide bonds. The number of carbonyl (C=O) groups excluding carboxylic acids is 1. The highest BCUT2D eigenvalue weighted by Crippen LogP contribution is 2.23. The summed E-state index contributed by atoms with van der Waals surface area (Å²) in [5.41, 5.74) is 5.52. The summed E-state index contributed by atoms with van der Waals surface area (Å²) < 4.78 is 0. The van der Waals surface area contributed by atoms with E-state index in [0.717, 1.165) is 5.69 Å². The smallest absolute Gasteiger partial charge is 0.274 e. The molecule has 1 aromatic carbocycles. The minimum atomic E-state index is -0.248. The van der Waals surface area contributed by atoms with Crippen molar-refractivity contribution in [1.29, 1.82) is 0 Å². The molecule has 0 bridgehead atoms. The Hall–Kier alpha value is -2.40. The Labute approximate surface area is 124 Å². The van der Waals surface area contributed by atoms with Gasteiger partial charge in [-0.05, 0) is 35.2 Å². The van der Waals surface area contributed by atoms with Crippen molar-refractivity contribution in [2.45, 2.75) is 26.2 Å². The van der Waals surface area contributed by atoms with Crippen LogP contribution in [-0.4, -0.2) is 10.9 Å². The van der Waals surface area contributed by atoms with Crippen molar-refractivity contribution in [2.24, 2.45) is 5.84 Å². The first-order chi connectivity index (χ1) is 9.90. The molecule has 2 aromatic rings. The molecule has 0 aliphatic rings. The van der Waals surface area contributed by atoms with Crippen LogP contribution < -0.4 is 16.6 Å². The van der Waals surface area contributed by atoms with Gasteiger partial charge in [-0.3, -0.25) is 10.6 Å². The van der Waals surface area contributed by atoms with Crippen LogP contribution in [0.1, 0.15) is 36.8 Å². The summed E-state index contributed by atoms with van der Waals surface area (Å²) in [5, 5.41) is 2.82. The van der Waals surface area contributed by atoms with Gasteiger partial charge < -0.3 is 10.7 Å². The number of nitrogens with one attached hydrogen (secondary N) is 2. The van der Waals surface area contributed by atoms with Crippen molar-refractivity contribution < 1.29 is 4.79 Å². The first kappa shape index (κ1) is 15.0. The molecule has 0 unspecified atom stereocenters. The molecule has 0 atom stereocenters. The second-order valence-corrected chi connectivity index (χ2v) is 5.86. The maximum Gasteiger partial charge on any atom is 0.274 e. The van der Waals surface area contributed by atoms with Crippen LogP contribution in [0.5, 0.6) is 0 Å². The van der Waals surface area contributed by atoms with E-state index in [4.69, 9.17) is 5.84 Å². The molecule has 0 saturated carbocycles. The van der Waals surface area contributed by atoms with E-state index in [0.29, 0.717) is 11.4 Å². The van der Waals surface area contributed by atoms with Crippen LogP contribution in [0.15, 0.2) is 42.6 Å². The number of amides is 1. The second-order valence-electron chi connectivity index (χ2n) is 5.86. The predicted molar refractivity (Wildman–Crippen MR) is 85.1 cm³/mol. The molecule has 1 aromatic heterocycles. The number of benzene rings is 1. The number of nitrogens with zero attached hydrogens (tertiary/aromatic N) is 1. The van der Waals surface area contributed by atoms with Gasteiger partial charge in [0.05, 0.1) is 11.9 Å². The number of hydrogen-bond donors (Lipinski definition) is 3. The van der Waals surface area contributed by atoms with E-state index in [2.05, 4.69) is 36.5 Å². The molecule has 0 radical (unpaired) electrons. The van der Waals surface area contributed by atoms with E-state index < -0.39 is 0 Å². The number of nitrogen functional groups attached to an aromatic ring is 1. The Morgan fingerprint density at radius 3 is 2.14 bits per heavy atom. The van der Waals surface area contributed by atoms with Crippen molar-refractivity contribution >= 4 is 17.3 Å². The van der Waals surface area contributed by atoms with Gasteiger partial charge in [0, 0.05) is 5.69 Å². The van der Waals surface area contributed by atoms with Crippen LogP contribution >= 0.6 is 0 Å². The van der Waals surface area contributed by atoms with Crippen LogP contribution in [0.2, 0.25) is 0 Å². The monoisotopic (exact) mass is 284 g/mol. The maximum absolute atomic E-state index is 12.1. The zero-order valence-corrected chi connectivity index (χ0v) is 12.5. The Balaban J connectivity index is 2.08. The molecule has 4 N–H and O–H groups in total. The molecule has 0 fully saturated rings. The molecular formula is C16H20N4O. The number of anilines is 2. The molecule has 5 nitrogen and oxygen atoms in total. The molecule has 0 spiro atoms. The van der Waals surface area contributed by atoms with Crippen molar-refractivity contribution in [3.05, 3.63) is 53.9 Å². The van der Waals surface area contributed by atoms with Crippen LogP contribution in [0.3, 0.4) is 0 Å². The van der Waals surface area contributed by atoms with Gasteiger partial charge in [-0.15, -0.1) is 0 Å². The number of carbonyl (C=O) groups is 1. The van der Waals surface area contributed by atoms with Crippen LogP contribution in [0, 0.1) is 0 Å². The highest BCUT2D eigenvalue weighted by molar-refractivity contribution is 6.02. The Morgan fingerprint density at radius 1 is 1.05 bits per heavy atom. The lowest BCUT2D eigenvalue weighted by atomic mass is 9.87. The third-order valence-corrected chi connectivity index (χ3v) is 3.17. The van der Waals surface area contributed by atoms with Gasteiger partial charge in [-0.25, -0.2) is 4.98 Å². The Bertz CT molecular complexity index is 612. The molecule has 2 rings (SSSR count). The summed E-state index contributed by atoms with van der Waals surface area (Å²) in [4.78, 5) is 16.1. The lowest BCUT2D eigenvalue weighted by Gasteiger charge is -2.19. The second kappa shape index (κ2) is 5.93. The lowest BCUT2D eigenvalue weighted by molar-refractivity contribution is 0.102. The quantitative estimate of drug-likeness (QED) is 0.598. The number of rotatable bonds is 3. The summed E-state index contributed by atoms with van der Waals surface area (Å²) >= 11 is 0. The fourth-order valence-electron chi connectivity index (χ4n) is 1.86. The fourth-order valence-corrected chi connectivity index (χ4v) is 1.86. The minimum absolute atomic E-state index is 0.0924. The number of nitrogens with two attached hydrogens (primary N) is 1. The Kier molecular flexibility index (Phi) is 4.23. The number of hydrogen-bond acceptors (Lipinski definition) is 4. The van der Waals surface area contributed by atoms with Gasteiger partial charge in [-0.1, -0.05) is 32.9 Å². The molecular weight excluding hydrogens is 264 g/mol. The number of aromatic nitrogens is 1. The number of pyridine rings is 1. The summed E-state index contributed by atoms with van der Waals surface area (Å²) in [6, 6.07) is 11.1. The number of hydrazine groups is 1. The van der Waals surface area contributed by atoms with E-state index in [9.17, 15) is 4.79 Å². The first-order valence-electron chi connectivity index (χ1n) is 6.75. The van der Waals surface area contributed by atoms with Gasteiger partial charge in [0.25, 0.3) is 5.91 Å². The van der Waals surface area contributed by atoms with Gasteiger partial charge in [0.15, 0.2) is 0 Å². The van der Waals surface area contributed by atoms with Crippen molar-refractivity contribution in [3.8, 4) is 0 Å². The highest BCUT2D eigenvalue weighted by Gasteiger charge is 2.13. The summed E-state index contributed by atoms with van der Waals surface area (Å²) in [5.74, 6) is 5.01. The third-order valence-electron chi connectivity index (χ3n) is 3.17. The zero-order chi connectivity index (χ0) is 15.5. The van der Waals surface area contributed by atoms with Gasteiger partial charge in [-0.2, -0.15) is 0 Å². The van der Waals surface area contributed by atoms with Crippen LogP contribution in [-0.2, 0) is 5.41 Å². The van der Waals surface area contributed by atoms with E-state index in [1.165, 1.54) is 11.8 Å². The fraction of sp³-hybridized carbons (Fsp3) is 0.250. The molecule has 0 aliphatic heterocycles. The largest absolute Gasteiger partial charge is 0.323 e. The maximum atomic E-state index is 12.1. The summed E-state index contributed by atoms with van der Waals surface area (Å²) in [6.45, 7) is 6.45. The van der Waals surface area contributed by atoms with Gasteiger partial charge in [0.1, 0.15) is 5.69 Å². The average Bonchev–Trinajstić information content (AvgIpc) is 2.47. The lowest BCUT2D eigenvalue weighted by Crippen LogP contribution is -2.15. The molecule has 0 aliphatic carbocycles. The molecule has 1 heterocycles. The topological polar surface area (TPSA) is 80.0 Å². The standard InChI is InChI=1S/C16H20N4O/c1-16(2,3)11-4-6-12(7-5-11)19-15(21)14-9-8-13(20-17)10-18-14/h4-10,20H,17H2,1-3H3,(H,19,21). The van der Waals surface area contributed by atoms with Crippen LogP contribution in [0.25, 0.3) is 0 Å². The van der Waals surface area contributed by atoms with Crippen molar-refractivity contribution in [1.82, 2.24) is 4.98 Å². The molecule has 110 valence electrons. The average molecular weight is 284 g/mol. The van der Waals surface area contributed by atoms with Crippen molar-refractivity contribution in [2.75, 3.05) is 10.7 Å². The molecule has 5 heteroatoms.